The molecule has 0 saturated carbocycles. The Bertz CT molecular complexity index is 290. The lowest BCUT2D eigenvalue weighted by atomic mass is 10.4. The van der Waals surface area contributed by atoms with Crippen molar-refractivity contribution >= 4 is 26.0 Å². The highest BCUT2D eigenvalue weighted by molar-refractivity contribution is 9.10. The lowest BCUT2D eigenvalue weighted by Gasteiger charge is -2.11. The van der Waals surface area contributed by atoms with E-state index in [0.29, 0.717) is 4.90 Å². The number of rotatable bonds is 1. The predicted molar refractivity (Wildman–Crippen MR) is 52.1 cm³/mol. The maximum Gasteiger partial charge on any atom is 0.0267 e. The summed E-state index contributed by atoms with van der Waals surface area (Å²) in [5.74, 6) is 0. The van der Waals surface area contributed by atoms with E-state index in [-0.39, 0.29) is 0 Å². The minimum Gasteiger partial charge on any atom is -0.270 e. The van der Waals surface area contributed by atoms with E-state index in [1.165, 1.54) is 0 Å². The summed E-state index contributed by atoms with van der Waals surface area (Å²) < 4.78 is 12.3. The van der Waals surface area contributed by atoms with Gasteiger partial charge in [0.25, 0.3) is 0 Å². The first-order valence-corrected chi connectivity index (χ1v) is 6.14. The van der Waals surface area contributed by atoms with E-state index in [2.05, 4.69) is 15.9 Å². The summed E-state index contributed by atoms with van der Waals surface area (Å²) >= 11 is 3.28. The second kappa shape index (κ2) is 3.05. The Labute approximate surface area is 75.5 Å². The Kier molecular flexibility index (Phi) is 2.47. The van der Waals surface area contributed by atoms with Crippen molar-refractivity contribution in [1.29, 1.82) is 0 Å². The van der Waals surface area contributed by atoms with Gasteiger partial charge in [-0.3, -0.25) is 9.35 Å². The molecule has 0 saturated heterocycles. The molecule has 1 aromatic rings. The molecule has 2 nitrogen and oxygen atoms in total. The van der Waals surface area contributed by atoms with Gasteiger partial charge in [-0.2, -0.15) is 0 Å². The summed E-state index contributed by atoms with van der Waals surface area (Å²) in [7, 11) is -2.56. The Morgan fingerprint density at radius 2 is 1.82 bits per heavy atom. The third-order valence-corrected chi connectivity index (χ3v) is 3.19. The molecule has 0 unspecified atom stereocenters. The van der Waals surface area contributed by atoms with E-state index < -0.39 is 10.1 Å². The van der Waals surface area contributed by atoms with Crippen molar-refractivity contribution in [3.05, 3.63) is 28.7 Å². The van der Waals surface area contributed by atoms with Crippen molar-refractivity contribution in [3.8, 4) is 0 Å². The van der Waals surface area contributed by atoms with Crippen LogP contribution in [0.15, 0.2) is 33.6 Å². The number of nitrogens with two attached hydrogens (primary N) is 1. The van der Waals surface area contributed by atoms with Crippen molar-refractivity contribution in [1.82, 2.24) is 0 Å². The molecule has 0 radical (unpaired) electrons. The molecule has 0 spiro atoms. The summed E-state index contributed by atoms with van der Waals surface area (Å²) in [6.45, 7) is 0. The van der Waals surface area contributed by atoms with E-state index in [0.717, 1.165) is 4.47 Å². The van der Waals surface area contributed by atoms with Gasteiger partial charge in [0.2, 0.25) is 0 Å². The van der Waals surface area contributed by atoms with Crippen LogP contribution in [0.3, 0.4) is 0 Å². The van der Waals surface area contributed by atoms with Crippen LogP contribution in [0, 0.1) is 0 Å². The smallest absolute Gasteiger partial charge is 0.0267 e. The van der Waals surface area contributed by atoms with Crippen molar-refractivity contribution in [2.45, 2.75) is 4.90 Å². The normalized spacial score (nSPS) is 13.0. The summed E-state index contributed by atoms with van der Waals surface area (Å²) in [4.78, 5) is 0.709. The standard InChI is InChI=1S/C7H10BrNOS/c1-11(9,10)7-4-2-6(8)3-5-7/h2-5,11H,1H3,(H2,9,10). The van der Waals surface area contributed by atoms with E-state index in [1.54, 1.807) is 18.4 Å². The number of halogens is 1. The van der Waals surface area contributed by atoms with Crippen LogP contribution in [-0.4, -0.2) is 10.5 Å². The summed E-state index contributed by atoms with van der Waals surface area (Å²) in [5.41, 5.74) is 0. The van der Waals surface area contributed by atoms with Crippen LogP contribution in [-0.2, 0) is 10.1 Å². The van der Waals surface area contributed by atoms with E-state index in [4.69, 9.17) is 5.14 Å². The van der Waals surface area contributed by atoms with Crippen LogP contribution in [0.2, 0.25) is 0 Å². The van der Waals surface area contributed by atoms with Crippen LogP contribution in [0.5, 0.6) is 0 Å². The highest BCUT2D eigenvalue weighted by atomic mass is 79.9. The van der Waals surface area contributed by atoms with Gasteiger partial charge in [-0.25, -0.2) is 0 Å². The molecule has 62 valence electrons. The van der Waals surface area contributed by atoms with Crippen LogP contribution in [0.25, 0.3) is 0 Å². The van der Waals surface area contributed by atoms with Crippen LogP contribution >= 0.6 is 15.9 Å². The van der Waals surface area contributed by atoms with Gasteiger partial charge in [0.15, 0.2) is 0 Å². The molecule has 0 fully saturated rings. The SMILES string of the molecule is C[SH](N)(=O)c1ccc(Br)cc1. The van der Waals surface area contributed by atoms with Gasteiger partial charge in [-0.05, 0) is 34.4 Å². The van der Waals surface area contributed by atoms with E-state index in [9.17, 15) is 4.21 Å². The highest BCUT2D eigenvalue weighted by Crippen LogP contribution is 2.15. The molecule has 11 heavy (non-hydrogen) atoms. The molecule has 0 aliphatic heterocycles. The first kappa shape index (κ1) is 8.90. The van der Waals surface area contributed by atoms with Gasteiger partial charge in [0.1, 0.15) is 0 Å². The van der Waals surface area contributed by atoms with Crippen LogP contribution in [0.1, 0.15) is 0 Å². The van der Waals surface area contributed by atoms with E-state index in [1.807, 2.05) is 12.1 Å². The van der Waals surface area contributed by atoms with Crippen molar-refractivity contribution in [3.63, 3.8) is 0 Å². The first-order valence-electron chi connectivity index (χ1n) is 3.12. The second-order valence-electron chi connectivity index (χ2n) is 2.47. The second-order valence-corrected chi connectivity index (χ2v) is 5.88. The van der Waals surface area contributed by atoms with Crippen LogP contribution in [0.4, 0.5) is 0 Å². The number of hydrogen-bond acceptors (Lipinski definition) is 1. The average molecular weight is 236 g/mol. The zero-order valence-electron chi connectivity index (χ0n) is 6.12. The Morgan fingerprint density at radius 1 is 1.36 bits per heavy atom. The maximum absolute atomic E-state index is 11.3. The molecular weight excluding hydrogens is 226 g/mol. The fraction of sp³-hybridized carbons (Fsp3) is 0.143. The van der Waals surface area contributed by atoms with Gasteiger partial charge < -0.3 is 0 Å². The van der Waals surface area contributed by atoms with Crippen LogP contribution < -0.4 is 5.14 Å². The molecule has 0 aliphatic carbocycles. The molecule has 0 aromatic heterocycles. The zero-order valence-corrected chi connectivity index (χ0v) is 8.60. The van der Waals surface area contributed by atoms with E-state index >= 15 is 0 Å². The Hall–Kier alpha value is -0.190. The molecule has 2 N–H and O–H groups in total. The predicted octanol–water partition coefficient (Wildman–Crippen LogP) is 1.33. The third kappa shape index (κ3) is 2.39. The molecule has 1 rings (SSSR count). The van der Waals surface area contributed by atoms with Crippen molar-refractivity contribution in [2.75, 3.05) is 6.26 Å². The van der Waals surface area contributed by atoms with Gasteiger partial charge in [-0.15, -0.1) is 0 Å². The quantitative estimate of drug-likeness (QED) is 0.710. The molecule has 4 heteroatoms. The summed E-state index contributed by atoms with van der Waals surface area (Å²) in [6, 6.07) is 7.20. The Morgan fingerprint density at radius 3 is 2.18 bits per heavy atom. The molecule has 0 heterocycles. The maximum atomic E-state index is 11.3. The zero-order chi connectivity index (χ0) is 8.48. The Balaban J connectivity index is 3.09. The number of benzene rings is 1. The number of hydrogen-bond donors (Lipinski definition) is 2. The van der Waals surface area contributed by atoms with Gasteiger partial charge in [-0.1, -0.05) is 15.9 Å². The molecular formula is C7H10BrNOS. The average Bonchev–Trinajstić information content (AvgIpc) is 1.86. The first-order chi connectivity index (χ1) is 5.00. The largest absolute Gasteiger partial charge is 0.270 e. The molecule has 1 aromatic carbocycles. The fourth-order valence-corrected chi connectivity index (χ4v) is 1.74. The van der Waals surface area contributed by atoms with Crippen molar-refractivity contribution in [2.24, 2.45) is 5.14 Å². The van der Waals surface area contributed by atoms with Crippen molar-refractivity contribution < 1.29 is 4.21 Å². The highest BCUT2D eigenvalue weighted by Gasteiger charge is 2.02. The molecule has 0 aliphatic rings. The molecule has 0 atom stereocenters. The monoisotopic (exact) mass is 235 g/mol. The fourth-order valence-electron chi connectivity index (χ4n) is 0.737. The third-order valence-electron chi connectivity index (χ3n) is 1.34. The summed E-state index contributed by atoms with van der Waals surface area (Å²) in [5, 5.41) is 5.45. The molecule has 0 amide bonds. The lowest BCUT2D eigenvalue weighted by Crippen LogP contribution is -2.20. The van der Waals surface area contributed by atoms with Gasteiger partial charge >= 0.3 is 0 Å². The lowest BCUT2D eigenvalue weighted by molar-refractivity contribution is 0.675. The number of thiol groups is 1. The molecule has 0 bridgehead atoms. The van der Waals surface area contributed by atoms with Gasteiger partial charge in [0, 0.05) is 15.6 Å². The summed E-state index contributed by atoms with van der Waals surface area (Å²) in [6.07, 6.45) is 1.55. The minimum absolute atomic E-state index is 0.709. The topological polar surface area (TPSA) is 43.1 Å². The van der Waals surface area contributed by atoms with Gasteiger partial charge in [0.05, 0.1) is 0 Å². The minimum atomic E-state index is -2.56.